The predicted molar refractivity (Wildman–Crippen MR) is 211 cm³/mol. The second kappa shape index (κ2) is 18.8. The summed E-state index contributed by atoms with van der Waals surface area (Å²) < 4.78 is 34.3. The summed E-state index contributed by atoms with van der Waals surface area (Å²) in [5.41, 5.74) is 8.72. The summed E-state index contributed by atoms with van der Waals surface area (Å²) >= 11 is 0. The molecule has 1 N–H and O–H groups in total. The Morgan fingerprint density at radius 2 is 0.981 bits per heavy atom. The van der Waals surface area contributed by atoms with E-state index in [1.54, 1.807) is 12.1 Å². The van der Waals surface area contributed by atoms with Crippen molar-refractivity contribution in [3.8, 4) is 5.75 Å². The molecule has 6 aromatic carbocycles. The van der Waals surface area contributed by atoms with Crippen molar-refractivity contribution >= 4 is 0 Å². The number of hydrogen-bond donors (Lipinski definition) is 1. The zero-order valence-electron chi connectivity index (χ0n) is 30.7. The van der Waals surface area contributed by atoms with Crippen LogP contribution in [-0.2, 0) is 56.5 Å². The highest BCUT2D eigenvalue weighted by molar-refractivity contribution is 5.38. The van der Waals surface area contributed by atoms with Crippen molar-refractivity contribution in [1.29, 1.82) is 0 Å². The molecule has 7 rings (SSSR count). The Hall–Kier alpha value is -5.08. The van der Waals surface area contributed by atoms with Gasteiger partial charge in [0.15, 0.2) is 0 Å². The van der Waals surface area contributed by atoms with Crippen LogP contribution in [0, 0.1) is 6.92 Å². The molecule has 0 bridgehead atoms. The number of aryl methyl sites for hydroxylation is 1. The van der Waals surface area contributed by atoms with Gasteiger partial charge in [-0.25, -0.2) is 0 Å². The summed E-state index contributed by atoms with van der Waals surface area (Å²) in [5.74, 6) is 0.254. The molecule has 6 heteroatoms. The topological polar surface area (TPSA) is 66.4 Å². The van der Waals surface area contributed by atoms with Crippen molar-refractivity contribution in [1.82, 2.24) is 0 Å². The van der Waals surface area contributed by atoms with Gasteiger partial charge in [-0.3, -0.25) is 0 Å². The van der Waals surface area contributed by atoms with Crippen molar-refractivity contribution in [2.75, 3.05) is 6.61 Å². The lowest BCUT2D eigenvalue weighted by Gasteiger charge is -2.46. The number of phenols is 1. The second-order valence-corrected chi connectivity index (χ2v) is 13.9. The highest BCUT2D eigenvalue weighted by Crippen LogP contribution is 2.39. The summed E-state index contributed by atoms with van der Waals surface area (Å²) in [5, 5.41) is 9.91. The van der Waals surface area contributed by atoms with E-state index in [1.807, 2.05) is 84.9 Å². The molecule has 0 unspecified atom stereocenters. The first-order valence-electron chi connectivity index (χ1n) is 18.7. The first kappa shape index (κ1) is 37.2. The molecule has 0 radical (unpaired) electrons. The summed E-state index contributed by atoms with van der Waals surface area (Å²) in [7, 11) is 0. The van der Waals surface area contributed by atoms with E-state index in [-0.39, 0.29) is 5.75 Å². The van der Waals surface area contributed by atoms with Gasteiger partial charge in [0.2, 0.25) is 0 Å². The Morgan fingerprint density at radius 1 is 0.500 bits per heavy atom. The lowest BCUT2D eigenvalue weighted by atomic mass is 9.88. The first-order valence-corrected chi connectivity index (χ1v) is 18.7. The average Bonchev–Trinajstić information content (AvgIpc) is 3.22. The summed E-state index contributed by atoms with van der Waals surface area (Å²) in [6.45, 7) is 4.02. The van der Waals surface area contributed by atoms with E-state index in [1.165, 1.54) is 11.1 Å². The van der Waals surface area contributed by atoms with Gasteiger partial charge in [0.25, 0.3) is 0 Å². The number of benzene rings is 6. The molecule has 6 nitrogen and oxygen atoms in total. The molecule has 1 aliphatic heterocycles. The Kier molecular flexibility index (Phi) is 13.0. The van der Waals surface area contributed by atoms with Crippen LogP contribution in [0.2, 0.25) is 0 Å². The SMILES string of the molecule is Cc1ccc([C@@H]2O[C@H](COCc3ccccc3)[C@@H](OCc3ccccc3)[C@H](OCc3ccccc3)[C@H]2OCc2ccccc2)cc1Cc1ccc(O)cc1. The number of hydrogen-bond acceptors (Lipinski definition) is 6. The quantitative estimate of drug-likeness (QED) is 0.107. The van der Waals surface area contributed by atoms with Crippen molar-refractivity contribution in [2.45, 2.75) is 70.3 Å². The standard InChI is InChI=1S/C48H48O6/c1-35-22-25-41(29-42(35)28-36-23-26-43(49)27-24-36)45-47(52-32-39-18-10-4-11-19-39)48(53-33-40-20-12-5-13-21-40)46(51-31-38-16-8-3-9-17-38)44(54-45)34-50-30-37-14-6-2-7-15-37/h2-27,29,44-49H,28,30-34H2,1H3/t44-,45+,46-,47+,48+/m1/s1. The molecule has 276 valence electrons. The molecule has 1 aliphatic rings. The third-order valence-electron chi connectivity index (χ3n) is 9.92. The van der Waals surface area contributed by atoms with Crippen LogP contribution in [-0.4, -0.2) is 36.1 Å². The van der Waals surface area contributed by atoms with Gasteiger partial charge in [-0.05, 0) is 70.0 Å². The Balaban J connectivity index is 1.26. The van der Waals surface area contributed by atoms with Gasteiger partial charge in [-0.15, -0.1) is 0 Å². The minimum atomic E-state index is -0.524. The predicted octanol–water partition coefficient (Wildman–Crippen LogP) is 9.70. The normalized spacial score (nSPS) is 19.8. The number of ether oxygens (including phenoxy) is 5. The highest BCUT2D eigenvalue weighted by Gasteiger charge is 2.49. The van der Waals surface area contributed by atoms with Crippen LogP contribution in [0.5, 0.6) is 5.75 Å². The molecule has 6 aromatic rings. The zero-order chi connectivity index (χ0) is 37.0. The van der Waals surface area contributed by atoms with Crippen LogP contribution in [0.25, 0.3) is 0 Å². The third-order valence-corrected chi connectivity index (χ3v) is 9.92. The van der Waals surface area contributed by atoms with E-state index in [2.05, 4.69) is 73.7 Å². The van der Waals surface area contributed by atoms with E-state index < -0.39 is 30.5 Å². The summed E-state index contributed by atoms with van der Waals surface area (Å²) in [6.07, 6.45) is -1.79. The van der Waals surface area contributed by atoms with Gasteiger partial charge in [0.1, 0.15) is 36.3 Å². The van der Waals surface area contributed by atoms with Gasteiger partial charge >= 0.3 is 0 Å². The zero-order valence-corrected chi connectivity index (χ0v) is 30.7. The Morgan fingerprint density at radius 3 is 1.52 bits per heavy atom. The minimum absolute atomic E-state index is 0.254. The fourth-order valence-electron chi connectivity index (χ4n) is 6.95. The van der Waals surface area contributed by atoms with Gasteiger partial charge in [0, 0.05) is 0 Å². The largest absolute Gasteiger partial charge is 0.508 e. The van der Waals surface area contributed by atoms with Gasteiger partial charge in [-0.2, -0.15) is 0 Å². The molecule has 1 saturated heterocycles. The van der Waals surface area contributed by atoms with Crippen LogP contribution in [0.4, 0.5) is 0 Å². The van der Waals surface area contributed by atoms with Crippen LogP contribution in [0.1, 0.15) is 50.6 Å². The van der Waals surface area contributed by atoms with E-state index >= 15 is 0 Å². The maximum Gasteiger partial charge on any atom is 0.117 e. The van der Waals surface area contributed by atoms with Gasteiger partial charge in [-0.1, -0.05) is 152 Å². The smallest absolute Gasteiger partial charge is 0.117 e. The molecule has 1 heterocycles. The fraction of sp³-hybridized carbons (Fsp3) is 0.250. The maximum atomic E-state index is 9.91. The van der Waals surface area contributed by atoms with Gasteiger partial charge in [0.05, 0.1) is 33.0 Å². The number of phenolic OH excluding ortho intramolecular Hbond substituents is 1. The molecule has 5 atom stereocenters. The summed E-state index contributed by atoms with van der Waals surface area (Å²) in [6, 6.07) is 54.7. The molecule has 54 heavy (non-hydrogen) atoms. The Labute approximate surface area is 318 Å². The minimum Gasteiger partial charge on any atom is -0.508 e. The van der Waals surface area contributed by atoms with Crippen LogP contribution in [0.3, 0.4) is 0 Å². The fourth-order valence-corrected chi connectivity index (χ4v) is 6.95. The van der Waals surface area contributed by atoms with E-state index in [9.17, 15) is 5.11 Å². The molecule has 0 aromatic heterocycles. The van der Waals surface area contributed by atoms with Crippen LogP contribution < -0.4 is 0 Å². The van der Waals surface area contributed by atoms with Crippen LogP contribution in [0.15, 0.2) is 164 Å². The lowest BCUT2D eigenvalue weighted by molar-refractivity contribution is -0.275. The average molecular weight is 721 g/mol. The van der Waals surface area contributed by atoms with Crippen molar-refractivity contribution in [3.63, 3.8) is 0 Å². The monoisotopic (exact) mass is 720 g/mol. The van der Waals surface area contributed by atoms with E-state index in [0.29, 0.717) is 39.5 Å². The molecule has 0 spiro atoms. The van der Waals surface area contributed by atoms with Crippen molar-refractivity contribution < 1.29 is 28.8 Å². The molecule has 0 saturated carbocycles. The van der Waals surface area contributed by atoms with E-state index in [4.69, 9.17) is 23.7 Å². The Bertz CT molecular complexity index is 1990. The summed E-state index contributed by atoms with van der Waals surface area (Å²) in [4.78, 5) is 0. The number of aromatic hydroxyl groups is 1. The molecular weight excluding hydrogens is 673 g/mol. The van der Waals surface area contributed by atoms with Crippen LogP contribution >= 0.6 is 0 Å². The maximum absolute atomic E-state index is 9.91. The van der Waals surface area contributed by atoms with Gasteiger partial charge < -0.3 is 28.8 Å². The van der Waals surface area contributed by atoms with E-state index in [0.717, 1.165) is 33.4 Å². The molecular formula is C48H48O6. The first-order chi connectivity index (χ1) is 26.6. The molecule has 0 amide bonds. The highest BCUT2D eigenvalue weighted by atomic mass is 16.6. The van der Waals surface area contributed by atoms with Crippen molar-refractivity contribution in [2.24, 2.45) is 0 Å². The van der Waals surface area contributed by atoms with Crippen molar-refractivity contribution in [3.05, 3.63) is 208 Å². The number of rotatable bonds is 16. The third kappa shape index (κ3) is 10.1. The molecule has 1 fully saturated rings. The second-order valence-electron chi connectivity index (χ2n) is 13.9. The lowest BCUT2D eigenvalue weighted by Crippen LogP contribution is -2.58. The molecule has 0 aliphatic carbocycles.